The summed E-state index contributed by atoms with van der Waals surface area (Å²) in [5.74, 6) is -0.259. The van der Waals surface area contributed by atoms with Crippen LogP contribution in [-0.4, -0.2) is 37.6 Å². The topological polar surface area (TPSA) is 116 Å². The first kappa shape index (κ1) is 20.6. The normalized spacial score (nSPS) is 19.0. The molecule has 0 aromatic heterocycles. The number of nitrogen functional groups attached to an aromatic ring is 1. The van der Waals surface area contributed by atoms with E-state index in [2.05, 4.69) is 4.72 Å². The number of hydrogen-bond donors (Lipinski definition) is 3. The predicted molar refractivity (Wildman–Crippen MR) is 115 cm³/mol. The molecular formula is C22H26N4O3S. The summed E-state index contributed by atoms with van der Waals surface area (Å²) in [7, 11) is -3.77. The van der Waals surface area contributed by atoms with Gasteiger partial charge in [-0.3, -0.25) is 10.2 Å². The van der Waals surface area contributed by atoms with Crippen LogP contribution >= 0.6 is 0 Å². The quantitative estimate of drug-likeness (QED) is 0.483. The molecule has 1 fully saturated rings. The smallest absolute Gasteiger partial charge is 0.241 e. The molecular weight excluding hydrogens is 400 g/mol. The standard InChI is InChI=1S/C22H26N4O3S/c23-21(24)18-7-3-4-15(12-18)14-26-11-10-20(22(26)27)25-30(28,29)19-9-8-16-5-1-2-6-17(16)13-19/h3-4,7-9,12-13,20,25H,1-2,5-6,10-11,14H2,(H3,23,24)/t20-/m0/s1. The number of hydrogen-bond acceptors (Lipinski definition) is 4. The number of rotatable bonds is 6. The lowest BCUT2D eigenvalue weighted by Crippen LogP contribution is -2.41. The summed E-state index contributed by atoms with van der Waals surface area (Å²) < 4.78 is 28.4. The molecule has 0 radical (unpaired) electrons. The van der Waals surface area contributed by atoms with E-state index in [1.807, 2.05) is 12.1 Å². The summed E-state index contributed by atoms with van der Waals surface area (Å²) in [6, 6.07) is 11.7. The van der Waals surface area contributed by atoms with Gasteiger partial charge in [0.1, 0.15) is 11.9 Å². The highest BCUT2D eigenvalue weighted by molar-refractivity contribution is 7.89. The number of amides is 1. The number of nitrogens with two attached hydrogens (primary N) is 1. The molecule has 30 heavy (non-hydrogen) atoms. The summed E-state index contributed by atoms with van der Waals surface area (Å²) >= 11 is 0. The van der Waals surface area contributed by atoms with Crippen LogP contribution in [0.3, 0.4) is 0 Å². The maximum atomic E-state index is 12.9. The zero-order valence-corrected chi connectivity index (χ0v) is 17.5. The third-order valence-electron chi connectivity index (χ3n) is 5.84. The van der Waals surface area contributed by atoms with Gasteiger partial charge < -0.3 is 10.6 Å². The Morgan fingerprint density at radius 3 is 2.67 bits per heavy atom. The lowest BCUT2D eigenvalue weighted by atomic mass is 9.92. The second kappa shape index (κ2) is 8.20. The van der Waals surface area contributed by atoms with E-state index in [4.69, 9.17) is 11.1 Å². The molecule has 2 aromatic carbocycles. The average Bonchev–Trinajstić information content (AvgIpc) is 3.06. The highest BCUT2D eigenvalue weighted by atomic mass is 32.2. The summed E-state index contributed by atoms with van der Waals surface area (Å²) in [5, 5.41) is 7.55. The van der Waals surface area contributed by atoms with Crippen molar-refractivity contribution in [3.63, 3.8) is 0 Å². The van der Waals surface area contributed by atoms with Crippen LogP contribution in [0.15, 0.2) is 47.4 Å². The Bertz CT molecular complexity index is 1100. The second-order valence-corrected chi connectivity index (χ2v) is 9.69. The number of carbonyl (C=O) groups is 1. The van der Waals surface area contributed by atoms with Crippen LogP contribution in [0.25, 0.3) is 0 Å². The summed E-state index contributed by atoms with van der Waals surface area (Å²) in [6.07, 6.45) is 4.53. The molecule has 1 aliphatic carbocycles. The number of nitrogens with one attached hydrogen (secondary N) is 2. The van der Waals surface area contributed by atoms with Crippen molar-refractivity contribution in [1.29, 1.82) is 5.41 Å². The molecule has 1 aliphatic heterocycles. The van der Waals surface area contributed by atoms with Crippen LogP contribution in [0.4, 0.5) is 0 Å². The van der Waals surface area contributed by atoms with E-state index in [1.165, 1.54) is 5.56 Å². The van der Waals surface area contributed by atoms with Gasteiger partial charge in [-0.1, -0.05) is 24.3 Å². The molecule has 158 valence electrons. The Balaban J connectivity index is 1.45. The molecule has 0 bridgehead atoms. The van der Waals surface area contributed by atoms with Crippen LogP contribution in [0.1, 0.15) is 41.5 Å². The molecule has 1 atom stereocenters. The number of amidine groups is 1. The van der Waals surface area contributed by atoms with Crippen molar-refractivity contribution in [2.45, 2.75) is 49.6 Å². The number of sulfonamides is 1. The van der Waals surface area contributed by atoms with Crippen molar-refractivity contribution >= 4 is 21.8 Å². The number of fused-ring (bicyclic) bond motifs is 1. The molecule has 2 aliphatic rings. The molecule has 4 N–H and O–H groups in total. The van der Waals surface area contributed by atoms with E-state index in [9.17, 15) is 13.2 Å². The Morgan fingerprint density at radius 2 is 1.90 bits per heavy atom. The number of aryl methyl sites for hydroxylation is 2. The number of benzene rings is 2. The monoisotopic (exact) mass is 426 g/mol. The highest BCUT2D eigenvalue weighted by Crippen LogP contribution is 2.25. The third kappa shape index (κ3) is 4.24. The minimum atomic E-state index is -3.77. The lowest BCUT2D eigenvalue weighted by Gasteiger charge is -2.19. The fraction of sp³-hybridized carbons (Fsp3) is 0.364. The first-order chi connectivity index (χ1) is 14.3. The molecule has 4 rings (SSSR count). The Hall–Kier alpha value is -2.71. The maximum Gasteiger partial charge on any atom is 0.241 e. The third-order valence-corrected chi connectivity index (χ3v) is 7.31. The van der Waals surface area contributed by atoms with E-state index in [1.54, 1.807) is 35.2 Å². The fourth-order valence-electron chi connectivity index (χ4n) is 4.20. The Morgan fingerprint density at radius 1 is 1.13 bits per heavy atom. The van der Waals surface area contributed by atoms with Crippen LogP contribution in [0.2, 0.25) is 0 Å². The fourth-order valence-corrected chi connectivity index (χ4v) is 5.47. The van der Waals surface area contributed by atoms with Gasteiger partial charge in [-0.05, 0) is 67.0 Å². The second-order valence-electron chi connectivity index (χ2n) is 7.97. The van der Waals surface area contributed by atoms with E-state index in [0.29, 0.717) is 25.1 Å². The summed E-state index contributed by atoms with van der Waals surface area (Å²) in [4.78, 5) is 14.7. The maximum absolute atomic E-state index is 12.9. The van der Waals surface area contributed by atoms with Crippen LogP contribution in [0, 0.1) is 5.41 Å². The summed E-state index contributed by atoms with van der Waals surface area (Å²) in [6.45, 7) is 0.831. The number of nitrogens with zero attached hydrogens (tertiary/aromatic N) is 1. The molecule has 0 unspecified atom stereocenters. The zero-order chi connectivity index (χ0) is 21.3. The number of carbonyl (C=O) groups excluding carboxylic acids is 1. The molecule has 0 spiro atoms. The average molecular weight is 427 g/mol. The molecule has 7 nitrogen and oxygen atoms in total. The first-order valence-corrected chi connectivity index (χ1v) is 11.7. The van der Waals surface area contributed by atoms with Gasteiger partial charge in [0.05, 0.1) is 4.90 Å². The predicted octanol–water partition coefficient (Wildman–Crippen LogP) is 1.93. The molecule has 1 saturated heterocycles. The van der Waals surface area contributed by atoms with Gasteiger partial charge >= 0.3 is 0 Å². The van der Waals surface area contributed by atoms with Crippen molar-refractivity contribution in [3.05, 3.63) is 64.7 Å². The van der Waals surface area contributed by atoms with Crippen molar-refractivity contribution in [2.24, 2.45) is 5.73 Å². The van der Waals surface area contributed by atoms with E-state index in [-0.39, 0.29) is 16.6 Å². The zero-order valence-electron chi connectivity index (χ0n) is 16.7. The van der Waals surface area contributed by atoms with Crippen molar-refractivity contribution < 1.29 is 13.2 Å². The molecule has 1 amide bonds. The molecule has 1 heterocycles. The van der Waals surface area contributed by atoms with E-state index < -0.39 is 16.1 Å². The van der Waals surface area contributed by atoms with Gasteiger partial charge in [-0.25, -0.2) is 8.42 Å². The first-order valence-electron chi connectivity index (χ1n) is 10.2. The van der Waals surface area contributed by atoms with E-state index >= 15 is 0 Å². The largest absolute Gasteiger partial charge is 0.384 e. The van der Waals surface area contributed by atoms with Crippen molar-refractivity contribution in [2.75, 3.05) is 6.54 Å². The Kier molecular flexibility index (Phi) is 5.62. The van der Waals surface area contributed by atoms with Gasteiger partial charge in [0.25, 0.3) is 0 Å². The molecule has 8 heteroatoms. The highest BCUT2D eigenvalue weighted by Gasteiger charge is 2.35. The summed E-state index contributed by atoms with van der Waals surface area (Å²) in [5.41, 5.74) is 9.30. The molecule has 0 saturated carbocycles. The van der Waals surface area contributed by atoms with Crippen LogP contribution in [0.5, 0.6) is 0 Å². The van der Waals surface area contributed by atoms with Gasteiger partial charge in [0, 0.05) is 18.7 Å². The van der Waals surface area contributed by atoms with Crippen LogP contribution in [-0.2, 0) is 34.2 Å². The Labute approximate surface area is 176 Å². The lowest BCUT2D eigenvalue weighted by molar-refractivity contribution is -0.129. The van der Waals surface area contributed by atoms with Crippen molar-refractivity contribution in [3.8, 4) is 0 Å². The van der Waals surface area contributed by atoms with Crippen molar-refractivity contribution in [1.82, 2.24) is 9.62 Å². The SMILES string of the molecule is N=C(N)c1cccc(CN2CC[C@H](NS(=O)(=O)c3ccc4c(c3)CCCC4)C2=O)c1. The van der Waals surface area contributed by atoms with Gasteiger partial charge in [-0.2, -0.15) is 4.72 Å². The minimum absolute atomic E-state index is 0.0275. The number of likely N-dealkylation sites (tertiary alicyclic amines) is 1. The van der Waals surface area contributed by atoms with E-state index in [0.717, 1.165) is 36.8 Å². The van der Waals surface area contributed by atoms with Gasteiger partial charge in [0.2, 0.25) is 15.9 Å². The van der Waals surface area contributed by atoms with Crippen LogP contribution < -0.4 is 10.5 Å². The van der Waals surface area contributed by atoms with Gasteiger partial charge in [0.15, 0.2) is 0 Å². The van der Waals surface area contributed by atoms with Gasteiger partial charge in [-0.15, -0.1) is 0 Å². The minimum Gasteiger partial charge on any atom is -0.384 e. The molecule has 2 aromatic rings.